The Morgan fingerprint density at radius 2 is 2.36 bits per heavy atom. The molecule has 0 saturated carbocycles. The standard InChI is InChI=1S/C10H13N3O/c1-3-7-9(12-13-10(7)11)8-4-5-14-6(8)2/h4-5H,3H2,1-2H3,(H3,11,12,13). The lowest BCUT2D eigenvalue weighted by Gasteiger charge is -1.98. The van der Waals surface area contributed by atoms with E-state index < -0.39 is 0 Å². The van der Waals surface area contributed by atoms with Gasteiger partial charge in [-0.05, 0) is 19.4 Å². The number of rotatable bonds is 2. The van der Waals surface area contributed by atoms with Gasteiger partial charge in [-0.25, -0.2) is 0 Å². The van der Waals surface area contributed by atoms with Gasteiger partial charge in [0.2, 0.25) is 0 Å². The molecule has 0 fully saturated rings. The molecule has 2 aromatic heterocycles. The number of H-pyrrole nitrogens is 1. The molecule has 14 heavy (non-hydrogen) atoms. The van der Waals surface area contributed by atoms with Crippen molar-refractivity contribution in [2.45, 2.75) is 20.3 Å². The van der Waals surface area contributed by atoms with Crippen molar-refractivity contribution in [1.82, 2.24) is 10.2 Å². The molecular formula is C10H13N3O. The van der Waals surface area contributed by atoms with Gasteiger partial charge >= 0.3 is 0 Å². The van der Waals surface area contributed by atoms with E-state index in [1.165, 1.54) is 0 Å². The van der Waals surface area contributed by atoms with Crippen molar-refractivity contribution < 1.29 is 4.42 Å². The Labute approximate surface area is 82.1 Å². The number of aromatic nitrogens is 2. The van der Waals surface area contributed by atoms with Gasteiger partial charge in [0, 0.05) is 11.1 Å². The molecular weight excluding hydrogens is 178 g/mol. The molecule has 0 amide bonds. The van der Waals surface area contributed by atoms with Crippen LogP contribution < -0.4 is 5.73 Å². The highest BCUT2D eigenvalue weighted by atomic mass is 16.3. The second-order valence-electron chi connectivity index (χ2n) is 3.21. The van der Waals surface area contributed by atoms with Crippen LogP contribution in [0.15, 0.2) is 16.7 Å². The van der Waals surface area contributed by atoms with E-state index in [0.717, 1.165) is 29.0 Å². The first-order valence-corrected chi connectivity index (χ1v) is 4.61. The first-order valence-electron chi connectivity index (χ1n) is 4.61. The molecule has 0 unspecified atom stereocenters. The predicted octanol–water partition coefficient (Wildman–Crippen LogP) is 2.12. The molecule has 0 atom stereocenters. The number of nitrogens with one attached hydrogen (secondary N) is 1. The van der Waals surface area contributed by atoms with Crippen LogP contribution in [0.4, 0.5) is 5.82 Å². The average Bonchev–Trinajstić information content (AvgIpc) is 2.71. The van der Waals surface area contributed by atoms with Crippen LogP contribution in [0.3, 0.4) is 0 Å². The second kappa shape index (κ2) is 3.21. The lowest BCUT2D eigenvalue weighted by atomic mass is 10.1. The maximum atomic E-state index is 5.74. The van der Waals surface area contributed by atoms with Gasteiger partial charge in [0.1, 0.15) is 11.6 Å². The number of nitrogens with zero attached hydrogens (tertiary/aromatic N) is 1. The maximum absolute atomic E-state index is 5.74. The van der Waals surface area contributed by atoms with Crippen molar-refractivity contribution in [3.63, 3.8) is 0 Å². The molecule has 0 saturated heterocycles. The lowest BCUT2D eigenvalue weighted by Crippen LogP contribution is -1.90. The predicted molar refractivity (Wildman–Crippen MR) is 54.8 cm³/mol. The van der Waals surface area contributed by atoms with Gasteiger partial charge in [-0.1, -0.05) is 6.92 Å². The SMILES string of the molecule is CCc1c(N)n[nH]c1-c1ccoc1C. The van der Waals surface area contributed by atoms with E-state index >= 15 is 0 Å². The molecule has 0 spiro atoms. The van der Waals surface area contributed by atoms with Crippen molar-refractivity contribution >= 4 is 5.82 Å². The van der Waals surface area contributed by atoms with Gasteiger partial charge in [-0.2, -0.15) is 5.10 Å². The Morgan fingerprint density at radius 1 is 1.57 bits per heavy atom. The fourth-order valence-electron chi connectivity index (χ4n) is 1.60. The zero-order valence-electron chi connectivity index (χ0n) is 8.29. The van der Waals surface area contributed by atoms with Crippen LogP contribution in [0.1, 0.15) is 18.2 Å². The summed E-state index contributed by atoms with van der Waals surface area (Å²) in [5, 5.41) is 6.93. The fraction of sp³-hybridized carbons (Fsp3) is 0.300. The van der Waals surface area contributed by atoms with E-state index in [-0.39, 0.29) is 0 Å². The monoisotopic (exact) mass is 191 g/mol. The topological polar surface area (TPSA) is 67.8 Å². The Morgan fingerprint density at radius 3 is 2.93 bits per heavy atom. The van der Waals surface area contributed by atoms with Crippen molar-refractivity contribution in [3.05, 3.63) is 23.7 Å². The van der Waals surface area contributed by atoms with E-state index in [2.05, 4.69) is 17.1 Å². The summed E-state index contributed by atoms with van der Waals surface area (Å²) in [7, 11) is 0. The van der Waals surface area contributed by atoms with Gasteiger partial charge in [0.05, 0.1) is 12.0 Å². The van der Waals surface area contributed by atoms with Crippen molar-refractivity contribution in [2.75, 3.05) is 5.73 Å². The van der Waals surface area contributed by atoms with Crippen LogP contribution in [0.2, 0.25) is 0 Å². The third-order valence-electron chi connectivity index (χ3n) is 2.38. The molecule has 0 aliphatic carbocycles. The van der Waals surface area contributed by atoms with Gasteiger partial charge in [0.15, 0.2) is 0 Å². The lowest BCUT2D eigenvalue weighted by molar-refractivity contribution is 0.535. The average molecular weight is 191 g/mol. The van der Waals surface area contributed by atoms with Crippen molar-refractivity contribution in [1.29, 1.82) is 0 Å². The van der Waals surface area contributed by atoms with Gasteiger partial charge in [-0.3, -0.25) is 5.10 Å². The van der Waals surface area contributed by atoms with E-state index in [1.807, 2.05) is 13.0 Å². The van der Waals surface area contributed by atoms with Crippen LogP contribution in [-0.2, 0) is 6.42 Å². The van der Waals surface area contributed by atoms with Crippen LogP contribution in [-0.4, -0.2) is 10.2 Å². The van der Waals surface area contributed by atoms with E-state index in [9.17, 15) is 0 Å². The largest absolute Gasteiger partial charge is 0.469 e. The summed E-state index contributed by atoms with van der Waals surface area (Å²) in [5.41, 5.74) is 8.79. The minimum Gasteiger partial charge on any atom is -0.469 e. The first-order chi connectivity index (χ1) is 6.74. The molecule has 4 nitrogen and oxygen atoms in total. The normalized spacial score (nSPS) is 10.7. The molecule has 74 valence electrons. The fourth-order valence-corrected chi connectivity index (χ4v) is 1.60. The molecule has 2 rings (SSSR count). The number of nitrogen functional groups attached to an aromatic ring is 1. The molecule has 0 aliphatic rings. The minimum atomic E-state index is 0.572. The van der Waals surface area contributed by atoms with Crippen LogP contribution >= 0.6 is 0 Å². The van der Waals surface area contributed by atoms with Crippen LogP contribution in [0, 0.1) is 6.92 Å². The Balaban J connectivity index is 2.57. The molecule has 0 bridgehead atoms. The number of aryl methyl sites for hydroxylation is 1. The molecule has 2 heterocycles. The zero-order chi connectivity index (χ0) is 10.1. The van der Waals surface area contributed by atoms with E-state index in [0.29, 0.717) is 5.82 Å². The first kappa shape index (κ1) is 8.87. The quantitative estimate of drug-likeness (QED) is 0.764. The summed E-state index contributed by atoms with van der Waals surface area (Å²) in [5.74, 6) is 1.45. The highest BCUT2D eigenvalue weighted by Gasteiger charge is 2.13. The van der Waals surface area contributed by atoms with Crippen LogP contribution in [0.25, 0.3) is 11.3 Å². The molecule has 0 aliphatic heterocycles. The molecule has 3 N–H and O–H groups in total. The van der Waals surface area contributed by atoms with Gasteiger partial charge < -0.3 is 10.2 Å². The minimum absolute atomic E-state index is 0.572. The van der Waals surface area contributed by atoms with Gasteiger partial charge in [0.25, 0.3) is 0 Å². The summed E-state index contributed by atoms with van der Waals surface area (Å²) in [6.07, 6.45) is 2.53. The number of anilines is 1. The van der Waals surface area contributed by atoms with Gasteiger partial charge in [-0.15, -0.1) is 0 Å². The summed E-state index contributed by atoms with van der Waals surface area (Å²) in [4.78, 5) is 0. The summed E-state index contributed by atoms with van der Waals surface area (Å²) in [6.45, 7) is 3.98. The highest BCUT2D eigenvalue weighted by Crippen LogP contribution is 2.28. The van der Waals surface area contributed by atoms with E-state index in [1.54, 1.807) is 6.26 Å². The number of hydrogen-bond donors (Lipinski definition) is 2. The second-order valence-corrected chi connectivity index (χ2v) is 3.21. The Kier molecular flexibility index (Phi) is 2.04. The molecule has 4 heteroatoms. The smallest absolute Gasteiger partial charge is 0.149 e. The Bertz CT molecular complexity index is 442. The summed E-state index contributed by atoms with van der Waals surface area (Å²) in [6, 6.07) is 1.92. The molecule has 0 aromatic carbocycles. The number of furan rings is 1. The maximum Gasteiger partial charge on any atom is 0.149 e. The third-order valence-corrected chi connectivity index (χ3v) is 2.38. The molecule has 0 radical (unpaired) electrons. The van der Waals surface area contributed by atoms with Crippen molar-refractivity contribution in [3.8, 4) is 11.3 Å². The highest BCUT2D eigenvalue weighted by molar-refractivity contribution is 5.69. The van der Waals surface area contributed by atoms with E-state index in [4.69, 9.17) is 10.2 Å². The van der Waals surface area contributed by atoms with Crippen LogP contribution in [0.5, 0.6) is 0 Å². The zero-order valence-corrected chi connectivity index (χ0v) is 8.29. The third kappa shape index (κ3) is 1.19. The summed E-state index contributed by atoms with van der Waals surface area (Å²) < 4.78 is 5.24. The number of aromatic amines is 1. The molecule has 2 aromatic rings. The number of nitrogens with two attached hydrogens (primary N) is 1. The summed E-state index contributed by atoms with van der Waals surface area (Å²) >= 11 is 0. The Hall–Kier alpha value is -1.71. The number of hydrogen-bond acceptors (Lipinski definition) is 3. The van der Waals surface area contributed by atoms with Crippen molar-refractivity contribution in [2.24, 2.45) is 0 Å².